The van der Waals surface area contributed by atoms with Gasteiger partial charge in [-0.3, -0.25) is 14.9 Å². The molecule has 0 saturated carbocycles. The summed E-state index contributed by atoms with van der Waals surface area (Å²) in [5, 5.41) is 5.80. The summed E-state index contributed by atoms with van der Waals surface area (Å²) in [4.78, 5) is 25.8. The zero-order valence-electron chi connectivity index (χ0n) is 17.4. The van der Waals surface area contributed by atoms with Gasteiger partial charge in [0.2, 0.25) is 5.91 Å². The number of nitrogens with zero attached hydrogens (tertiary/aromatic N) is 1. The molecular formula is C22H27N3O4S. The fourth-order valence-corrected chi connectivity index (χ4v) is 2.68. The van der Waals surface area contributed by atoms with E-state index >= 15 is 0 Å². The normalized spacial score (nSPS) is 10.2. The monoisotopic (exact) mass is 429 g/mol. The summed E-state index contributed by atoms with van der Waals surface area (Å²) in [6.07, 6.45) is 0.331. The molecule has 2 amide bonds. The first kappa shape index (κ1) is 23.3. The van der Waals surface area contributed by atoms with E-state index in [4.69, 9.17) is 21.7 Å². The molecule has 30 heavy (non-hydrogen) atoms. The first-order valence-electron chi connectivity index (χ1n) is 9.61. The molecule has 2 aromatic carbocycles. The summed E-state index contributed by atoms with van der Waals surface area (Å²) >= 11 is 5.23. The summed E-state index contributed by atoms with van der Waals surface area (Å²) in [7, 11) is 3.45. The Labute approximate surface area is 182 Å². The van der Waals surface area contributed by atoms with E-state index in [-0.39, 0.29) is 16.9 Å². The van der Waals surface area contributed by atoms with E-state index in [1.54, 1.807) is 43.3 Å². The van der Waals surface area contributed by atoms with E-state index < -0.39 is 0 Å². The summed E-state index contributed by atoms with van der Waals surface area (Å²) in [5.41, 5.74) is 2.05. The number of likely N-dealkylation sites (N-methyl/N-ethyl adjacent to an activating group) is 1. The zero-order valence-corrected chi connectivity index (χ0v) is 18.3. The Bertz CT molecular complexity index is 869. The van der Waals surface area contributed by atoms with Crippen LogP contribution in [0, 0.1) is 0 Å². The van der Waals surface area contributed by atoms with Gasteiger partial charge in [-0.2, -0.15) is 0 Å². The third-order valence-corrected chi connectivity index (χ3v) is 4.29. The number of rotatable bonds is 9. The predicted molar refractivity (Wildman–Crippen MR) is 121 cm³/mol. The molecule has 0 aliphatic heterocycles. The van der Waals surface area contributed by atoms with E-state index in [2.05, 4.69) is 10.6 Å². The van der Waals surface area contributed by atoms with Gasteiger partial charge in [-0.05, 0) is 55.0 Å². The summed E-state index contributed by atoms with van der Waals surface area (Å²) in [6.45, 7) is 3.45. The summed E-state index contributed by atoms with van der Waals surface area (Å²) < 4.78 is 10.8. The lowest BCUT2D eigenvalue weighted by atomic mass is 10.1. The lowest BCUT2D eigenvalue weighted by Gasteiger charge is -2.12. The highest BCUT2D eigenvalue weighted by molar-refractivity contribution is 7.80. The molecule has 2 aromatic rings. The molecule has 0 aromatic heterocycles. The van der Waals surface area contributed by atoms with Crippen LogP contribution in [-0.4, -0.2) is 55.7 Å². The largest absolute Gasteiger partial charge is 0.491 e. The molecule has 7 nitrogen and oxygen atoms in total. The first-order valence-corrected chi connectivity index (χ1v) is 10.0. The second-order valence-electron chi connectivity index (χ2n) is 6.64. The molecule has 0 atom stereocenters. The number of nitrogens with one attached hydrogen (secondary N) is 2. The summed E-state index contributed by atoms with van der Waals surface area (Å²) in [5.74, 6) is 0.280. The van der Waals surface area contributed by atoms with E-state index in [0.717, 1.165) is 11.3 Å². The number of carbonyl (C=O) groups is 2. The second kappa shape index (κ2) is 11.9. The lowest BCUT2D eigenvalue weighted by molar-refractivity contribution is -0.127. The van der Waals surface area contributed by atoms with Crippen molar-refractivity contribution in [3.63, 3.8) is 0 Å². The van der Waals surface area contributed by atoms with Gasteiger partial charge < -0.3 is 19.7 Å². The van der Waals surface area contributed by atoms with Crippen molar-refractivity contribution in [1.82, 2.24) is 10.2 Å². The molecule has 2 N–H and O–H groups in total. The molecule has 0 unspecified atom stereocenters. The number of carbonyl (C=O) groups excluding carboxylic acids is 2. The Morgan fingerprint density at radius 1 is 1.07 bits per heavy atom. The van der Waals surface area contributed by atoms with E-state index in [1.165, 1.54) is 0 Å². The maximum Gasteiger partial charge on any atom is 0.257 e. The Kier molecular flexibility index (Phi) is 9.24. The van der Waals surface area contributed by atoms with Crippen molar-refractivity contribution < 1.29 is 19.1 Å². The molecule has 8 heteroatoms. The highest BCUT2D eigenvalue weighted by Gasteiger charge is 2.10. The van der Waals surface area contributed by atoms with Gasteiger partial charge in [0.1, 0.15) is 12.4 Å². The summed E-state index contributed by atoms with van der Waals surface area (Å²) in [6, 6.07) is 14.2. The molecule has 0 aliphatic carbocycles. The molecule has 0 heterocycles. The van der Waals surface area contributed by atoms with Crippen molar-refractivity contribution in [2.24, 2.45) is 0 Å². The number of anilines is 1. The third-order valence-electron chi connectivity index (χ3n) is 4.09. The first-order chi connectivity index (χ1) is 14.4. The fraction of sp³-hybridized carbons (Fsp3) is 0.318. The SMILES string of the molecule is CCOCCOc1cccc(C(=O)NC(=S)Nc2ccc(CC(=O)N(C)C)cc2)c1. The minimum Gasteiger partial charge on any atom is -0.491 e. The standard InChI is InChI=1S/C22H27N3O4S/c1-4-28-12-13-29-19-7-5-6-17(15-19)21(27)24-22(30)23-18-10-8-16(9-11-18)14-20(26)25(2)3/h5-11,15H,4,12-14H2,1-3H3,(H2,23,24,27,30). The molecule has 0 bridgehead atoms. The van der Waals surface area contributed by atoms with Crippen LogP contribution in [-0.2, 0) is 16.0 Å². The number of benzene rings is 2. The number of amides is 2. The van der Waals surface area contributed by atoms with Gasteiger partial charge in [0.15, 0.2) is 5.11 Å². The van der Waals surface area contributed by atoms with Crippen molar-refractivity contribution in [2.45, 2.75) is 13.3 Å². The van der Waals surface area contributed by atoms with Crippen LogP contribution in [0.25, 0.3) is 0 Å². The molecule has 0 spiro atoms. The van der Waals surface area contributed by atoms with Gasteiger partial charge in [0, 0.05) is 32.0 Å². The van der Waals surface area contributed by atoms with E-state index in [0.29, 0.717) is 37.6 Å². The highest BCUT2D eigenvalue weighted by atomic mass is 32.1. The van der Waals surface area contributed by atoms with Gasteiger partial charge in [-0.1, -0.05) is 18.2 Å². The molecule has 2 rings (SSSR count). The Hall–Kier alpha value is -2.97. The number of hydrogen-bond acceptors (Lipinski definition) is 5. The Balaban J connectivity index is 1.87. The van der Waals surface area contributed by atoms with Crippen LogP contribution in [0.1, 0.15) is 22.8 Å². The molecule has 160 valence electrons. The van der Waals surface area contributed by atoms with Gasteiger partial charge in [0.05, 0.1) is 13.0 Å². The smallest absolute Gasteiger partial charge is 0.257 e. The van der Waals surface area contributed by atoms with Crippen molar-refractivity contribution >= 4 is 34.8 Å². The van der Waals surface area contributed by atoms with Gasteiger partial charge in [-0.15, -0.1) is 0 Å². The van der Waals surface area contributed by atoms with E-state index in [1.807, 2.05) is 31.2 Å². The molecule has 0 radical (unpaired) electrons. The molecule has 0 aliphatic rings. The van der Waals surface area contributed by atoms with Crippen molar-refractivity contribution in [1.29, 1.82) is 0 Å². The van der Waals surface area contributed by atoms with Crippen LogP contribution >= 0.6 is 12.2 Å². The van der Waals surface area contributed by atoms with Crippen molar-refractivity contribution in [3.8, 4) is 5.75 Å². The van der Waals surface area contributed by atoms with Gasteiger partial charge in [-0.25, -0.2) is 0 Å². The van der Waals surface area contributed by atoms with Crippen molar-refractivity contribution in [2.75, 3.05) is 39.2 Å². The minimum absolute atomic E-state index is 0.0302. The third kappa shape index (κ3) is 7.81. The van der Waals surface area contributed by atoms with E-state index in [9.17, 15) is 9.59 Å². The Morgan fingerprint density at radius 2 is 1.80 bits per heavy atom. The van der Waals surface area contributed by atoms with Crippen LogP contribution in [0.2, 0.25) is 0 Å². The number of ether oxygens (including phenoxy) is 2. The average molecular weight is 430 g/mol. The Morgan fingerprint density at radius 3 is 2.47 bits per heavy atom. The maximum atomic E-state index is 12.5. The van der Waals surface area contributed by atoms with Crippen LogP contribution in [0.4, 0.5) is 5.69 Å². The second-order valence-corrected chi connectivity index (χ2v) is 7.05. The van der Waals surface area contributed by atoms with Gasteiger partial charge >= 0.3 is 0 Å². The predicted octanol–water partition coefficient (Wildman–Crippen LogP) is 2.86. The average Bonchev–Trinajstić information content (AvgIpc) is 2.72. The molecule has 0 fully saturated rings. The van der Waals surface area contributed by atoms with Crippen LogP contribution < -0.4 is 15.4 Å². The topological polar surface area (TPSA) is 79.9 Å². The quantitative estimate of drug-likeness (QED) is 0.471. The molecular weight excluding hydrogens is 402 g/mol. The van der Waals surface area contributed by atoms with Crippen molar-refractivity contribution in [3.05, 3.63) is 59.7 Å². The maximum absolute atomic E-state index is 12.5. The molecule has 0 saturated heterocycles. The van der Waals surface area contributed by atoms with Crippen LogP contribution in [0.15, 0.2) is 48.5 Å². The number of thiocarbonyl (C=S) groups is 1. The minimum atomic E-state index is -0.337. The highest BCUT2D eigenvalue weighted by Crippen LogP contribution is 2.14. The van der Waals surface area contributed by atoms with Gasteiger partial charge in [0.25, 0.3) is 5.91 Å². The fourth-order valence-electron chi connectivity index (χ4n) is 2.47. The van der Waals surface area contributed by atoms with Crippen LogP contribution in [0.3, 0.4) is 0 Å². The number of hydrogen-bond donors (Lipinski definition) is 2. The zero-order chi connectivity index (χ0) is 21.9. The van der Waals surface area contributed by atoms with Crippen LogP contribution in [0.5, 0.6) is 5.75 Å². The lowest BCUT2D eigenvalue weighted by Crippen LogP contribution is -2.34.